The van der Waals surface area contributed by atoms with Crippen molar-refractivity contribution in [3.05, 3.63) is 132 Å². The van der Waals surface area contributed by atoms with Crippen molar-refractivity contribution in [1.29, 1.82) is 0 Å². The third kappa shape index (κ3) is 4.63. The Morgan fingerprint density at radius 2 is 1.57 bits per heavy atom. The molecule has 4 aromatic carbocycles. The smallest absolute Gasteiger partial charge is 0.133 e. The number of anilines is 1. The number of quaternary nitrogens is 1. The Labute approximate surface area is 222 Å². The van der Waals surface area contributed by atoms with E-state index in [0.717, 1.165) is 12.8 Å². The molecule has 0 aliphatic carbocycles. The number of hydrogen-bond acceptors (Lipinski definition) is 1. The van der Waals surface area contributed by atoms with E-state index in [1.54, 1.807) is 0 Å². The van der Waals surface area contributed by atoms with Crippen molar-refractivity contribution in [2.75, 3.05) is 19.0 Å². The summed E-state index contributed by atoms with van der Waals surface area (Å²) < 4.78 is 0. The van der Waals surface area contributed by atoms with Gasteiger partial charge in [-0.3, -0.25) is 0 Å². The topological polar surface area (TPSA) is 19.9 Å². The predicted octanol–water partition coefficient (Wildman–Crippen LogP) is 7.42. The molecule has 0 saturated carbocycles. The highest BCUT2D eigenvalue weighted by atomic mass is 15.2. The normalized spacial score (nSPS) is 17.4. The molecule has 5 rings (SSSR count). The standard InChI is InChI=1S/C35H38N2/c1-34(2)29-19-11-12-20-31(29)37(5)32(34)21-13-14-24-35(3,25-26-15-7-6-8-16-26)33-28-18-10-9-17-27(28)22-23-30(33)36-4/h6-23,36H,24-25H2,1-5H3/p+1/b14-13+,32-21+. The van der Waals surface area contributed by atoms with E-state index in [9.17, 15) is 0 Å². The Bertz CT molecular complexity index is 1460. The first-order chi connectivity index (χ1) is 17.8. The van der Waals surface area contributed by atoms with Crippen LogP contribution in [0.4, 0.5) is 11.4 Å². The van der Waals surface area contributed by atoms with E-state index < -0.39 is 0 Å². The fourth-order valence-electron chi connectivity index (χ4n) is 6.30. The van der Waals surface area contributed by atoms with Crippen LogP contribution in [0.5, 0.6) is 0 Å². The molecule has 1 aliphatic rings. The van der Waals surface area contributed by atoms with Gasteiger partial charge < -0.3 is 10.2 Å². The third-order valence-electron chi connectivity index (χ3n) is 8.21. The summed E-state index contributed by atoms with van der Waals surface area (Å²) in [4.78, 5) is 2.34. The zero-order valence-corrected chi connectivity index (χ0v) is 22.8. The summed E-state index contributed by atoms with van der Waals surface area (Å²) in [6, 6.07) is 33.1. The lowest BCUT2D eigenvalue weighted by Crippen LogP contribution is -2.73. The Hall–Kier alpha value is -3.62. The Morgan fingerprint density at radius 1 is 0.865 bits per heavy atom. The van der Waals surface area contributed by atoms with Gasteiger partial charge in [0.2, 0.25) is 0 Å². The molecule has 1 unspecified atom stereocenters. The number of benzene rings is 4. The lowest BCUT2D eigenvalue weighted by atomic mass is 9.72. The summed E-state index contributed by atoms with van der Waals surface area (Å²) >= 11 is 0. The number of likely N-dealkylation sites (N-methyl/N-ethyl adjacent to an activating group) is 1. The van der Waals surface area contributed by atoms with Crippen LogP contribution in [0.2, 0.25) is 0 Å². The van der Waals surface area contributed by atoms with Crippen LogP contribution in [-0.2, 0) is 17.3 Å². The highest BCUT2D eigenvalue weighted by Gasteiger charge is 2.37. The lowest BCUT2D eigenvalue weighted by molar-refractivity contribution is -0.540. The molecule has 0 aromatic heterocycles. The number of hydrogen-bond donors (Lipinski definition) is 1. The first-order valence-electron chi connectivity index (χ1n) is 13.4. The maximum absolute atomic E-state index is 2.44. The molecule has 0 bridgehead atoms. The molecule has 37 heavy (non-hydrogen) atoms. The molecule has 4 aromatic rings. The quantitative estimate of drug-likeness (QED) is 0.269. The third-order valence-corrected chi connectivity index (χ3v) is 8.21. The fraction of sp³-hybridized carbons (Fsp3) is 0.257. The molecule has 1 atom stereocenters. The number of allylic oxidation sites excluding steroid dienone is 4. The van der Waals surface area contributed by atoms with E-state index in [-0.39, 0.29) is 10.8 Å². The van der Waals surface area contributed by atoms with Crippen LogP contribution in [0.3, 0.4) is 0 Å². The lowest BCUT2D eigenvalue weighted by Gasteiger charge is -2.31. The van der Waals surface area contributed by atoms with E-state index in [1.807, 2.05) is 0 Å². The highest BCUT2D eigenvalue weighted by Crippen LogP contribution is 2.46. The number of nitrogens with two attached hydrogens (primary N) is 1. The van der Waals surface area contributed by atoms with Crippen LogP contribution in [-0.4, -0.2) is 14.1 Å². The van der Waals surface area contributed by atoms with E-state index in [2.05, 4.69) is 154 Å². The molecular weight excluding hydrogens is 448 g/mol. The summed E-state index contributed by atoms with van der Waals surface area (Å²) in [7, 11) is 4.35. The molecule has 1 heterocycles. The molecule has 2 N–H and O–H groups in total. The molecule has 1 aliphatic heterocycles. The van der Waals surface area contributed by atoms with Gasteiger partial charge >= 0.3 is 0 Å². The van der Waals surface area contributed by atoms with Crippen LogP contribution >= 0.6 is 0 Å². The monoisotopic (exact) mass is 487 g/mol. The largest absolute Gasteiger partial charge is 0.347 e. The second-order valence-corrected chi connectivity index (χ2v) is 11.1. The van der Waals surface area contributed by atoms with Crippen LogP contribution in [0.1, 0.15) is 43.9 Å². The minimum atomic E-state index is -0.0564. The van der Waals surface area contributed by atoms with Gasteiger partial charge in [0.15, 0.2) is 0 Å². The van der Waals surface area contributed by atoms with Crippen molar-refractivity contribution < 1.29 is 5.32 Å². The molecule has 2 nitrogen and oxygen atoms in total. The van der Waals surface area contributed by atoms with Gasteiger partial charge in [-0.1, -0.05) is 106 Å². The molecule has 2 heteroatoms. The molecule has 0 fully saturated rings. The summed E-state index contributed by atoms with van der Waals surface area (Å²) in [5, 5.41) is 4.93. The zero-order chi connectivity index (χ0) is 26.0. The summed E-state index contributed by atoms with van der Waals surface area (Å²) in [5.41, 5.74) is 8.12. The van der Waals surface area contributed by atoms with Crippen LogP contribution in [0, 0.1) is 0 Å². The molecule has 0 saturated heterocycles. The second-order valence-electron chi connectivity index (χ2n) is 11.1. The van der Waals surface area contributed by atoms with Crippen LogP contribution in [0.15, 0.2) is 115 Å². The number of fused-ring (bicyclic) bond motifs is 2. The number of nitrogens with zero attached hydrogens (tertiary/aromatic N) is 1. The molecule has 188 valence electrons. The average Bonchev–Trinajstić information content (AvgIpc) is 3.11. The Balaban J connectivity index is 1.53. The van der Waals surface area contributed by atoms with Crippen molar-refractivity contribution in [2.45, 2.75) is 44.4 Å². The Kier molecular flexibility index (Phi) is 6.79. The summed E-state index contributed by atoms with van der Waals surface area (Å²) in [6.07, 6.45) is 8.92. The molecular formula is C35H39N2+. The van der Waals surface area contributed by atoms with Gasteiger partial charge in [0, 0.05) is 34.8 Å². The second kappa shape index (κ2) is 10.0. The van der Waals surface area contributed by atoms with Crippen molar-refractivity contribution in [1.82, 2.24) is 0 Å². The van der Waals surface area contributed by atoms with Crippen LogP contribution < -0.4 is 10.2 Å². The van der Waals surface area contributed by atoms with Crippen LogP contribution in [0.25, 0.3) is 10.8 Å². The van der Waals surface area contributed by atoms with Crippen molar-refractivity contribution in [3.8, 4) is 0 Å². The highest BCUT2D eigenvalue weighted by molar-refractivity contribution is 5.90. The van der Waals surface area contributed by atoms with Gasteiger partial charge in [0.05, 0.1) is 7.05 Å². The zero-order valence-electron chi connectivity index (χ0n) is 22.8. The number of para-hydroxylation sites is 1. The SMILES string of the molecule is C[NH2+]c1ccc2ccccc2c1C(C)(C/C=C/C=C1/N(C)c2ccccc2C1(C)C)Cc1ccccc1. The fourth-order valence-corrected chi connectivity index (χ4v) is 6.30. The first-order valence-corrected chi connectivity index (χ1v) is 13.4. The Morgan fingerprint density at radius 3 is 2.32 bits per heavy atom. The van der Waals surface area contributed by atoms with E-state index in [4.69, 9.17) is 0 Å². The van der Waals surface area contributed by atoms with Crippen molar-refractivity contribution in [2.24, 2.45) is 0 Å². The maximum atomic E-state index is 2.44. The number of rotatable bonds is 7. The predicted molar refractivity (Wildman–Crippen MR) is 159 cm³/mol. The minimum Gasteiger partial charge on any atom is -0.347 e. The van der Waals surface area contributed by atoms with E-state index in [0.29, 0.717) is 0 Å². The maximum Gasteiger partial charge on any atom is 0.133 e. The summed E-state index contributed by atoms with van der Waals surface area (Å²) in [6.45, 7) is 7.09. The van der Waals surface area contributed by atoms with Crippen molar-refractivity contribution in [3.63, 3.8) is 0 Å². The van der Waals surface area contributed by atoms with Gasteiger partial charge in [-0.05, 0) is 59.0 Å². The van der Waals surface area contributed by atoms with Gasteiger partial charge in [-0.2, -0.15) is 0 Å². The van der Waals surface area contributed by atoms with Gasteiger partial charge in [-0.25, -0.2) is 0 Å². The molecule has 0 spiro atoms. The minimum absolute atomic E-state index is 0.0109. The van der Waals surface area contributed by atoms with E-state index in [1.165, 1.54) is 44.5 Å². The van der Waals surface area contributed by atoms with Crippen molar-refractivity contribution >= 4 is 22.1 Å². The summed E-state index contributed by atoms with van der Waals surface area (Å²) in [5.74, 6) is 0. The molecule has 0 amide bonds. The average molecular weight is 488 g/mol. The van der Waals surface area contributed by atoms with Gasteiger partial charge in [0.25, 0.3) is 0 Å². The first kappa shape index (κ1) is 25.0. The van der Waals surface area contributed by atoms with Gasteiger partial charge in [0.1, 0.15) is 5.69 Å². The van der Waals surface area contributed by atoms with E-state index >= 15 is 0 Å². The molecule has 0 radical (unpaired) electrons. The van der Waals surface area contributed by atoms with Gasteiger partial charge in [-0.15, -0.1) is 0 Å².